The Morgan fingerprint density at radius 3 is 2.62 bits per heavy atom. The summed E-state index contributed by atoms with van der Waals surface area (Å²) in [5, 5.41) is 11.5. The smallest absolute Gasteiger partial charge is 0.352 e. The molecule has 3 amide bonds. The van der Waals surface area contributed by atoms with Crippen LogP contribution in [0.4, 0.5) is 0 Å². The molecule has 0 radical (unpaired) electrons. The van der Waals surface area contributed by atoms with Crippen LogP contribution in [0.25, 0.3) is 0 Å². The summed E-state index contributed by atoms with van der Waals surface area (Å²) in [5.41, 5.74) is 0.112. The number of carboxylic acids is 1. The number of carboxylic acid groups (broad SMARTS) is 1. The number of ether oxygens (including phenoxy) is 1. The van der Waals surface area contributed by atoms with Crippen molar-refractivity contribution in [3.63, 3.8) is 0 Å². The summed E-state index contributed by atoms with van der Waals surface area (Å²) in [6, 6.07) is -0.854. The maximum Gasteiger partial charge on any atom is 0.352 e. The molecule has 2 atom stereocenters. The average Bonchev–Trinajstić information content (AvgIpc) is 2.99. The van der Waals surface area contributed by atoms with Gasteiger partial charge in [0.2, 0.25) is 11.8 Å². The number of nitrogens with zero attached hydrogens (tertiary/aromatic N) is 2. The van der Waals surface area contributed by atoms with Gasteiger partial charge in [-0.05, 0) is 0 Å². The minimum Gasteiger partial charge on any atom is -0.477 e. The minimum absolute atomic E-state index is 0.0209. The molecule has 3 aliphatic heterocycles. The molecule has 3 aliphatic rings. The number of rotatable bonds is 7. The van der Waals surface area contributed by atoms with Crippen molar-refractivity contribution in [3.8, 4) is 0 Å². The van der Waals surface area contributed by atoms with Gasteiger partial charge in [-0.2, -0.15) is 0 Å². The van der Waals surface area contributed by atoms with E-state index in [9.17, 15) is 29.1 Å². The molecule has 0 aromatic heterocycles. The molecule has 13 heteroatoms. The van der Waals surface area contributed by atoms with Gasteiger partial charge in [-0.1, -0.05) is 24.0 Å². The van der Waals surface area contributed by atoms with E-state index in [0.717, 1.165) is 4.90 Å². The predicted molar refractivity (Wildman–Crippen MR) is 108 cm³/mol. The molecule has 156 valence electrons. The van der Waals surface area contributed by atoms with E-state index in [2.05, 4.69) is 5.32 Å². The van der Waals surface area contributed by atoms with E-state index in [1.807, 2.05) is 0 Å². The Morgan fingerprint density at radius 2 is 2.03 bits per heavy atom. The number of β-lactam (4-membered cyclic amide) rings is 1. The number of carbonyl (C=O) groups excluding carboxylic acids is 4. The summed E-state index contributed by atoms with van der Waals surface area (Å²) >= 11 is 7.57. The molecule has 0 aromatic carbocycles. The second-order valence-corrected chi connectivity index (χ2v) is 9.06. The summed E-state index contributed by atoms with van der Waals surface area (Å²) in [6.07, 6.45) is -0.0209. The first-order valence-corrected chi connectivity index (χ1v) is 10.9. The Morgan fingerprint density at radius 1 is 1.31 bits per heavy atom. The molecule has 0 saturated carbocycles. The Hall–Kier alpha value is -2.12. The van der Waals surface area contributed by atoms with Gasteiger partial charge in [-0.15, -0.1) is 11.8 Å². The number of thioether (sulfide) groups is 2. The lowest BCUT2D eigenvalue weighted by Crippen LogP contribution is -2.70. The Bertz CT molecular complexity index is 828. The Balaban J connectivity index is 1.60. The highest BCUT2D eigenvalue weighted by Gasteiger charge is 2.54. The van der Waals surface area contributed by atoms with Gasteiger partial charge in [0.15, 0.2) is 0 Å². The van der Waals surface area contributed by atoms with Crippen LogP contribution in [0.2, 0.25) is 0 Å². The third-order valence-electron chi connectivity index (χ3n) is 4.42. The van der Waals surface area contributed by atoms with Gasteiger partial charge in [0.1, 0.15) is 28.0 Å². The molecular weight excluding hydrogens is 442 g/mol. The van der Waals surface area contributed by atoms with Crippen LogP contribution >= 0.6 is 35.7 Å². The van der Waals surface area contributed by atoms with Crippen LogP contribution in [0.1, 0.15) is 13.3 Å². The lowest BCUT2D eigenvalue weighted by atomic mass is 10.0. The summed E-state index contributed by atoms with van der Waals surface area (Å²) in [6.45, 7) is 1.13. The zero-order valence-corrected chi connectivity index (χ0v) is 17.7. The van der Waals surface area contributed by atoms with Crippen molar-refractivity contribution in [1.82, 2.24) is 15.1 Å². The molecule has 3 rings (SSSR count). The average molecular weight is 460 g/mol. The number of carbonyl (C=O) groups is 5. The highest BCUT2D eigenvalue weighted by atomic mass is 32.2. The van der Waals surface area contributed by atoms with Crippen LogP contribution < -0.4 is 5.32 Å². The lowest BCUT2D eigenvalue weighted by molar-refractivity contribution is -0.151. The third-order valence-corrected chi connectivity index (χ3v) is 7.19. The highest BCUT2D eigenvalue weighted by Crippen LogP contribution is 2.40. The van der Waals surface area contributed by atoms with E-state index in [4.69, 9.17) is 17.0 Å². The molecule has 0 unspecified atom stereocenters. The van der Waals surface area contributed by atoms with Crippen molar-refractivity contribution in [1.29, 1.82) is 0 Å². The molecule has 2 fully saturated rings. The molecule has 29 heavy (non-hydrogen) atoms. The van der Waals surface area contributed by atoms with Gasteiger partial charge in [0, 0.05) is 31.2 Å². The SMILES string of the molecule is CC(=O)OCC1=C(C(=O)O)N2C(=O)[C@@H](NC(=O)CCN3C(=O)CSC3=S)[C@H]2SC1. The van der Waals surface area contributed by atoms with E-state index in [1.165, 1.54) is 35.3 Å². The first-order chi connectivity index (χ1) is 13.7. The van der Waals surface area contributed by atoms with Gasteiger partial charge in [0.25, 0.3) is 5.91 Å². The second kappa shape index (κ2) is 8.71. The topological polar surface area (TPSA) is 133 Å². The van der Waals surface area contributed by atoms with Crippen molar-refractivity contribution in [2.45, 2.75) is 24.8 Å². The zero-order valence-electron chi connectivity index (χ0n) is 15.2. The number of amides is 3. The van der Waals surface area contributed by atoms with Gasteiger partial charge < -0.3 is 15.2 Å². The summed E-state index contributed by atoms with van der Waals surface area (Å²) in [4.78, 5) is 61.5. The van der Waals surface area contributed by atoms with Gasteiger partial charge >= 0.3 is 11.9 Å². The maximum absolute atomic E-state index is 12.5. The molecule has 2 saturated heterocycles. The monoisotopic (exact) mass is 459 g/mol. The van der Waals surface area contributed by atoms with E-state index in [1.54, 1.807) is 0 Å². The van der Waals surface area contributed by atoms with E-state index >= 15 is 0 Å². The Labute approximate surface area is 179 Å². The third kappa shape index (κ3) is 4.41. The van der Waals surface area contributed by atoms with Gasteiger partial charge in [-0.3, -0.25) is 29.0 Å². The number of fused-ring (bicyclic) bond motifs is 1. The quantitative estimate of drug-likeness (QED) is 0.293. The summed E-state index contributed by atoms with van der Waals surface area (Å²) in [7, 11) is 0. The molecule has 0 aliphatic carbocycles. The number of nitrogens with one attached hydrogen (secondary N) is 1. The largest absolute Gasteiger partial charge is 0.477 e. The van der Waals surface area contributed by atoms with Crippen LogP contribution in [0, 0.1) is 0 Å². The fourth-order valence-corrected chi connectivity index (χ4v) is 5.49. The van der Waals surface area contributed by atoms with Crippen LogP contribution in [0.15, 0.2) is 11.3 Å². The first kappa shape index (κ1) is 21.6. The molecule has 2 N–H and O–H groups in total. The maximum atomic E-state index is 12.5. The van der Waals surface area contributed by atoms with E-state index in [0.29, 0.717) is 9.89 Å². The van der Waals surface area contributed by atoms with E-state index in [-0.39, 0.29) is 42.7 Å². The van der Waals surface area contributed by atoms with Crippen LogP contribution in [0.5, 0.6) is 0 Å². The first-order valence-electron chi connectivity index (χ1n) is 8.50. The van der Waals surface area contributed by atoms with Crippen molar-refractivity contribution in [2.75, 3.05) is 24.7 Å². The highest BCUT2D eigenvalue weighted by molar-refractivity contribution is 8.23. The minimum atomic E-state index is -1.30. The van der Waals surface area contributed by atoms with Crippen molar-refractivity contribution in [2.24, 2.45) is 0 Å². The van der Waals surface area contributed by atoms with Gasteiger partial charge in [0.05, 0.1) is 5.75 Å². The standard InChI is InChI=1S/C16H17N3O7S3/c1-7(20)26-4-8-5-28-14-11(13(23)19(14)12(8)15(24)25)17-9(21)2-3-18-10(22)6-29-16(18)27/h11,14H,2-6H2,1H3,(H,17,21)(H,24,25)/t11-,14-/m1/s1. The fourth-order valence-electron chi connectivity index (χ4n) is 3.04. The zero-order chi connectivity index (χ0) is 21.3. The molecule has 0 bridgehead atoms. The fraction of sp³-hybridized carbons (Fsp3) is 0.500. The summed E-state index contributed by atoms with van der Waals surface area (Å²) < 4.78 is 5.29. The van der Waals surface area contributed by atoms with Crippen LogP contribution in [-0.4, -0.2) is 85.0 Å². The van der Waals surface area contributed by atoms with Crippen LogP contribution in [0.3, 0.4) is 0 Å². The van der Waals surface area contributed by atoms with Crippen molar-refractivity contribution < 1.29 is 33.8 Å². The predicted octanol–water partition coefficient (Wildman–Crippen LogP) is -0.461. The van der Waals surface area contributed by atoms with Crippen molar-refractivity contribution >= 4 is 69.7 Å². The number of aliphatic carboxylic acids is 1. The molecule has 0 spiro atoms. The molecule has 3 heterocycles. The number of hydrogen-bond acceptors (Lipinski definition) is 9. The van der Waals surface area contributed by atoms with Gasteiger partial charge in [-0.25, -0.2) is 4.79 Å². The molecule has 10 nitrogen and oxygen atoms in total. The number of hydrogen-bond donors (Lipinski definition) is 2. The Kier molecular flexibility index (Phi) is 6.49. The molecule has 0 aromatic rings. The van der Waals surface area contributed by atoms with E-state index < -0.39 is 35.2 Å². The normalized spacial score (nSPS) is 23.7. The lowest BCUT2D eigenvalue weighted by Gasteiger charge is -2.49. The summed E-state index contributed by atoms with van der Waals surface area (Å²) in [5.74, 6) is -2.46. The van der Waals surface area contributed by atoms with Crippen LogP contribution in [-0.2, 0) is 28.7 Å². The number of thiocarbonyl (C=S) groups is 1. The number of esters is 1. The van der Waals surface area contributed by atoms with Crippen molar-refractivity contribution in [3.05, 3.63) is 11.3 Å². The molecular formula is C16H17N3O7S3. The second-order valence-electron chi connectivity index (χ2n) is 6.34.